The Morgan fingerprint density at radius 3 is 2.33 bits per heavy atom. The lowest BCUT2D eigenvalue weighted by atomic mass is 10.1. The average Bonchev–Trinajstić information content (AvgIpc) is 3.15. The van der Waals surface area contributed by atoms with E-state index < -0.39 is 16.1 Å². The maximum Gasteiger partial charge on any atom is 0.289 e. The largest absolute Gasteiger partial charge is 0.494 e. The summed E-state index contributed by atoms with van der Waals surface area (Å²) >= 11 is 0.330. The molecule has 0 radical (unpaired) electrons. The van der Waals surface area contributed by atoms with Gasteiger partial charge in [-0.25, -0.2) is 4.39 Å². The SMILES string of the molecule is CCCc1cc(Oc2ccccc2)ccc1OCCCCOc1cccc(C2(F)SC(=O)NC2=O)c1. The number of rotatable bonds is 12. The summed E-state index contributed by atoms with van der Waals surface area (Å²) in [5, 5.41) is -1.15. The molecule has 8 heteroatoms. The van der Waals surface area contributed by atoms with E-state index in [-0.39, 0.29) is 5.56 Å². The van der Waals surface area contributed by atoms with Crippen molar-refractivity contribution in [1.29, 1.82) is 0 Å². The molecule has 1 aliphatic rings. The average molecular weight is 510 g/mol. The molecule has 1 fully saturated rings. The zero-order valence-electron chi connectivity index (χ0n) is 20.0. The molecule has 1 atom stereocenters. The highest BCUT2D eigenvalue weighted by molar-refractivity contribution is 8.15. The summed E-state index contributed by atoms with van der Waals surface area (Å²) in [5.41, 5.74) is 1.19. The van der Waals surface area contributed by atoms with Crippen LogP contribution in [0.2, 0.25) is 0 Å². The molecule has 6 nitrogen and oxygen atoms in total. The predicted molar refractivity (Wildman–Crippen MR) is 138 cm³/mol. The number of hydrogen-bond donors (Lipinski definition) is 1. The molecule has 1 heterocycles. The highest BCUT2D eigenvalue weighted by Crippen LogP contribution is 2.43. The Morgan fingerprint density at radius 1 is 0.861 bits per heavy atom. The maximum atomic E-state index is 15.0. The van der Waals surface area contributed by atoms with Crippen molar-refractivity contribution in [3.63, 3.8) is 0 Å². The van der Waals surface area contributed by atoms with Crippen molar-refractivity contribution in [3.8, 4) is 23.0 Å². The molecule has 1 unspecified atom stereocenters. The monoisotopic (exact) mass is 509 g/mol. The normalized spacial score (nSPS) is 17.1. The number of hydrogen-bond acceptors (Lipinski definition) is 6. The Labute approximate surface area is 214 Å². The molecule has 1 N–H and O–H groups in total. The molecule has 36 heavy (non-hydrogen) atoms. The van der Waals surface area contributed by atoms with Crippen LogP contribution >= 0.6 is 11.8 Å². The molecule has 3 aromatic carbocycles. The second-order valence-corrected chi connectivity index (χ2v) is 9.44. The number of halogens is 1. The van der Waals surface area contributed by atoms with Gasteiger partial charge in [0.15, 0.2) is 0 Å². The van der Waals surface area contributed by atoms with Gasteiger partial charge >= 0.3 is 0 Å². The molecule has 1 saturated heterocycles. The highest BCUT2D eigenvalue weighted by Gasteiger charge is 2.50. The molecule has 0 aliphatic carbocycles. The fourth-order valence-electron chi connectivity index (χ4n) is 3.77. The summed E-state index contributed by atoms with van der Waals surface area (Å²) in [7, 11) is 0. The van der Waals surface area contributed by atoms with E-state index in [1.54, 1.807) is 12.1 Å². The standard InChI is InChI=1S/C28H28FNO5S/c1-2-9-20-18-24(35-22-11-4-3-5-12-22)14-15-25(20)34-17-7-6-16-33-23-13-8-10-21(19-23)28(29)26(31)30-27(32)36-28/h3-5,8,10-15,18-19H,2,6-7,9,16-17H2,1H3,(H,30,31,32). The van der Waals surface area contributed by atoms with Gasteiger partial charge in [0.25, 0.3) is 16.1 Å². The second kappa shape index (κ2) is 11.9. The minimum absolute atomic E-state index is 0.0832. The molecule has 1 aliphatic heterocycles. The van der Waals surface area contributed by atoms with E-state index in [4.69, 9.17) is 14.2 Å². The molecular formula is C28H28FNO5S. The first-order chi connectivity index (χ1) is 17.5. The van der Waals surface area contributed by atoms with Crippen LogP contribution in [0.4, 0.5) is 9.18 Å². The first-order valence-corrected chi connectivity index (χ1v) is 12.7. The predicted octanol–water partition coefficient (Wildman–Crippen LogP) is 6.77. The number of nitrogens with one attached hydrogen (secondary N) is 1. The topological polar surface area (TPSA) is 73.9 Å². The minimum Gasteiger partial charge on any atom is -0.494 e. The lowest BCUT2D eigenvalue weighted by Gasteiger charge is -2.16. The van der Waals surface area contributed by atoms with Gasteiger partial charge in [-0.15, -0.1) is 0 Å². The molecule has 0 spiro atoms. The molecule has 3 aromatic rings. The molecule has 188 valence electrons. The lowest BCUT2D eigenvalue weighted by molar-refractivity contribution is -0.126. The van der Waals surface area contributed by atoms with E-state index in [0.717, 1.165) is 48.5 Å². The quantitative estimate of drug-likeness (QED) is 0.272. The van der Waals surface area contributed by atoms with Crippen molar-refractivity contribution in [2.45, 2.75) is 37.6 Å². The Kier molecular flexibility index (Phi) is 8.48. The van der Waals surface area contributed by atoms with Crippen LogP contribution in [0, 0.1) is 0 Å². The van der Waals surface area contributed by atoms with Crippen molar-refractivity contribution in [2.24, 2.45) is 0 Å². The summed E-state index contributed by atoms with van der Waals surface area (Å²) in [6.07, 6.45) is 3.38. The van der Waals surface area contributed by atoms with Gasteiger partial charge in [-0.2, -0.15) is 0 Å². The fraction of sp³-hybridized carbons (Fsp3) is 0.286. The van der Waals surface area contributed by atoms with Crippen LogP contribution in [0.1, 0.15) is 37.3 Å². The molecule has 4 rings (SSSR count). The highest BCUT2D eigenvalue weighted by atomic mass is 32.2. The van der Waals surface area contributed by atoms with Gasteiger partial charge in [-0.05, 0) is 79.1 Å². The van der Waals surface area contributed by atoms with Gasteiger partial charge in [0, 0.05) is 5.56 Å². The number of imide groups is 1. The smallest absolute Gasteiger partial charge is 0.289 e. The Bertz CT molecular complexity index is 1210. The van der Waals surface area contributed by atoms with Crippen LogP contribution in [-0.2, 0) is 16.2 Å². The van der Waals surface area contributed by atoms with E-state index in [1.165, 1.54) is 12.1 Å². The number of carbonyl (C=O) groups excluding carboxylic acids is 2. The Hall–Kier alpha value is -3.52. The third-order valence-corrected chi connectivity index (χ3v) is 6.53. The molecular weight excluding hydrogens is 481 g/mol. The fourth-order valence-corrected chi connectivity index (χ4v) is 4.56. The summed E-state index contributed by atoms with van der Waals surface area (Å²) < 4.78 is 32.7. The number of aryl methyl sites for hydroxylation is 1. The first kappa shape index (κ1) is 25.6. The van der Waals surface area contributed by atoms with Gasteiger partial charge in [0.05, 0.1) is 13.2 Å². The van der Waals surface area contributed by atoms with Gasteiger partial charge in [0.1, 0.15) is 23.0 Å². The van der Waals surface area contributed by atoms with Crippen molar-refractivity contribution in [1.82, 2.24) is 5.32 Å². The van der Waals surface area contributed by atoms with Gasteiger partial charge in [-0.1, -0.05) is 43.7 Å². The summed E-state index contributed by atoms with van der Waals surface area (Å²) in [6.45, 7) is 3.07. The second-order valence-electron chi connectivity index (χ2n) is 8.31. The van der Waals surface area contributed by atoms with Crippen molar-refractivity contribution in [2.75, 3.05) is 13.2 Å². The zero-order chi connectivity index (χ0) is 25.4. The number of benzene rings is 3. The molecule has 0 aromatic heterocycles. The first-order valence-electron chi connectivity index (χ1n) is 11.9. The van der Waals surface area contributed by atoms with E-state index in [9.17, 15) is 14.0 Å². The number of carbonyl (C=O) groups is 2. The van der Waals surface area contributed by atoms with Gasteiger partial charge < -0.3 is 14.2 Å². The van der Waals surface area contributed by atoms with E-state index in [1.807, 2.05) is 53.8 Å². The molecule has 0 bridgehead atoms. The number of amides is 2. The number of thioether (sulfide) groups is 1. The Morgan fingerprint density at radius 2 is 1.61 bits per heavy atom. The summed E-state index contributed by atoms with van der Waals surface area (Å²) in [5.74, 6) is 1.90. The Balaban J connectivity index is 1.25. The lowest BCUT2D eigenvalue weighted by Crippen LogP contribution is -2.30. The third kappa shape index (κ3) is 6.37. The number of para-hydroxylation sites is 1. The zero-order valence-corrected chi connectivity index (χ0v) is 20.8. The van der Waals surface area contributed by atoms with Crippen molar-refractivity contribution >= 4 is 22.9 Å². The van der Waals surface area contributed by atoms with Crippen LogP contribution in [0.25, 0.3) is 0 Å². The molecule has 2 amide bonds. The van der Waals surface area contributed by atoms with Crippen LogP contribution in [0.5, 0.6) is 23.0 Å². The van der Waals surface area contributed by atoms with E-state index in [0.29, 0.717) is 30.7 Å². The van der Waals surface area contributed by atoms with Crippen molar-refractivity contribution in [3.05, 3.63) is 83.9 Å². The van der Waals surface area contributed by atoms with Crippen LogP contribution in [0.15, 0.2) is 72.8 Å². The number of unbranched alkanes of at least 4 members (excludes halogenated alkanes) is 1. The van der Waals surface area contributed by atoms with Crippen LogP contribution in [-0.4, -0.2) is 24.4 Å². The van der Waals surface area contributed by atoms with E-state index in [2.05, 4.69) is 6.92 Å². The third-order valence-electron chi connectivity index (χ3n) is 5.54. The maximum absolute atomic E-state index is 15.0. The van der Waals surface area contributed by atoms with Crippen LogP contribution in [0.3, 0.4) is 0 Å². The minimum atomic E-state index is -2.43. The molecule has 0 saturated carbocycles. The number of ether oxygens (including phenoxy) is 3. The summed E-state index contributed by atoms with van der Waals surface area (Å²) in [4.78, 5) is 23.2. The van der Waals surface area contributed by atoms with Crippen LogP contribution < -0.4 is 19.5 Å². The number of alkyl halides is 1. The van der Waals surface area contributed by atoms with Crippen molar-refractivity contribution < 1.29 is 28.2 Å². The van der Waals surface area contributed by atoms with E-state index >= 15 is 0 Å². The van der Waals surface area contributed by atoms with Gasteiger partial charge in [0.2, 0.25) is 0 Å². The van der Waals surface area contributed by atoms with Gasteiger partial charge in [-0.3, -0.25) is 14.9 Å². The summed E-state index contributed by atoms with van der Waals surface area (Å²) in [6, 6.07) is 21.8.